The molecule has 2 aromatic carbocycles. The second-order valence-electron chi connectivity index (χ2n) is 8.60. The zero-order chi connectivity index (χ0) is 23.4. The Balaban J connectivity index is 1.47. The second-order valence-corrected chi connectivity index (χ2v) is 8.60. The van der Waals surface area contributed by atoms with Crippen molar-refractivity contribution in [1.82, 2.24) is 4.90 Å². The van der Waals surface area contributed by atoms with Crippen molar-refractivity contribution in [2.45, 2.75) is 27.2 Å². The van der Waals surface area contributed by atoms with Crippen LogP contribution in [0, 0.1) is 11.8 Å². The molecule has 4 rings (SSSR count). The number of amides is 1. The van der Waals surface area contributed by atoms with Gasteiger partial charge in [0.15, 0.2) is 18.1 Å². The molecule has 2 atom stereocenters. The van der Waals surface area contributed by atoms with Gasteiger partial charge in [0.1, 0.15) is 17.6 Å². The minimum absolute atomic E-state index is 0.0355. The summed E-state index contributed by atoms with van der Waals surface area (Å²) in [4.78, 5) is 27.4. The highest BCUT2D eigenvalue weighted by Crippen LogP contribution is 2.31. The van der Waals surface area contributed by atoms with Crippen LogP contribution < -0.4 is 19.6 Å². The smallest absolute Gasteiger partial charge is 0.260 e. The minimum atomic E-state index is -0.304. The van der Waals surface area contributed by atoms with Gasteiger partial charge in [0.05, 0.1) is 12.0 Å². The third-order valence-corrected chi connectivity index (χ3v) is 5.67. The average Bonchev–Trinajstić information content (AvgIpc) is 2.80. The van der Waals surface area contributed by atoms with E-state index in [1.165, 1.54) is 6.26 Å². The summed E-state index contributed by atoms with van der Waals surface area (Å²) in [6, 6.07) is 12.0. The Morgan fingerprint density at radius 1 is 1.03 bits per heavy atom. The molecule has 1 aliphatic heterocycles. The van der Waals surface area contributed by atoms with Crippen LogP contribution in [0.25, 0.3) is 11.0 Å². The lowest BCUT2D eigenvalue weighted by Crippen LogP contribution is -2.44. The normalized spacial score (nSPS) is 18.2. The maximum Gasteiger partial charge on any atom is 0.260 e. The fourth-order valence-corrected chi connectivity index (χ4v) is 4.28. The van der Waals surface area contributed by atoms with E-state index in [2.05, 4.69) is 13.8 Å². The molecule has 1 amide bonds. The highest BCUT2D eigenvalue weighted by atomic mass is 16.5. The molecule has 33 heavy (non-hydrogen) atoms. The quantitative estimate of drug-likeness (QED) is 0.510. The van der Waals surface area contributed by atoms with Crippen molar-refractivity contribution < 1.29 is 23.4 Å². The fraction of sp³-hybridized carbons (Fsp3) is 0.385. The highest BCUT2D eigenvalue weighted by Gasteiger charge is 2.25. The second kappa shape index (κ2) is 9.98. The SMILES string of the molecule is CCOc1ccccc1Oc1coc2cc(OCC(=O)N3CC(C)CC(C)C3)ccc2c1=O. The lowest BCUT2D eigenvalue weighted by atomic mass is 9.92. The summed E-state index contributed by atoms with van der Waals surface area (Å²) >= 11 is 0. The number of piperidine rings is 1. The van der Waals surface area contributed by atoms with Crippen molar-refractivity contribution >= 4 is 16.9 Å². The van der Waals surface area contributed by atoms with Crippen LogP contribution in [0.15, 0.2) is 57.9 Å². The summed E-state index contributed by atoms with van der Waals surface area (Å²) in [7, 11) is 0. The Labute approximate surface area is 192 Å². The maximum atomic E-state index is 12.9. The summed E-state index contributed by atoms with van der Waals surface area (Å²) < 4.78 is 22.7. The van der Waals surface area contributed by atoms with Crippen molar-refractivity contribution in [3.8, 4) is 23.0 Å². The maximum absolute atomic E-state index is 12.9. The molecular formula is C26H29NO6. The molecule has 0 aliphatic carbocycles. The molecule has 174 valence electrons. The summed E-state index contributed by atoms with van der Waals surface area (Å²) in [6.07, 6.45) is 2.41. The van der Waals surface area contributed by atoms with E-state index in [1.807, 2.05) is 17.9 Å². The van der Waals surface area contributed by atoms with E-state index in [0.29, 0.717) is 46.7 Å². The zero-order valence-corrected chi connectivity index (χ0v) is 19.2. The molecule has 1 fully saturated rings. The average molecular weight is 452 g/mol. The summed E-state index contributed by atoms with van der Waals surface area (Å²) in [5.74, 6) is 2.45. The van der Waals surface area contributed by atoms with Gasteiger partial charge >= 0.3 is 0 Å². The van der Waals surface area contributed by atoms with Gasteiger partial charge in [-0.15, -0.1) is 0 Å². The number of carbonyl (C=O) groups is 1. The van der Waals surface area contributed by atoms with E-state index in [-0.39, 0.29) is 23.7 Å². The topological polar surface area (TPSA) is 78.2 Å². The molecule has 7 heteroatoms. The number of hydrogen-bond acceptors (Lipinski definition) is 6. The first kappa shape index (κ1) is 22.7. The van der Waals surface area contributed by atoms with Gasteiger partial charge in [-0.1, -0.05) is 26.0 Å². The Morgan fingerprint density at radius 2 is 1.76 bits per heavy atom. The van der Waals surface area contributed by atoms with Gasteiger partial charge in [-0.3, -0.25) is 9.59 Å². The first-order valence-corrected chi connectivity index (χ1v) is 11.3. The monoisotopic (exact) mass is 451 g/mol. The lowest BCUT2D eigenvalue weighted by molar-refractivity contribution is -0.136. The molecule has 1 aromatic heterocycles. The summed E-state index contributed by atoms with van der Waals surface area (Å²) in [6.45, 7) is 8.15. The van der Waals surface area contributed by atoms with Gasteiger partial charge in [-0.05, 0) is 49.4 Å². The number of benzene rings is 2. The predicted molar refractivity (Wildman–Crippen MR) is 125 cm³/mol. The molecule has 0 N–H and O–H groups in total. The third kappa shape index (κ3) is 5.30. The minimum Gasteiger partial charge on any atom is -0.490 e. The van der Waals surface area contributed by atoms with Crippen LogP contribution in [0.5, 0.6) is 23.0 Å². The lowest BCUT2D eigenvalue weighted by Gasteiger charge is -2.34. The van der Waals surface area contributed by atoms with E-state index in [0.717, 1.165) is 19.5 Å². The molecule has 2 unspecified atom stereocenters. The van der Waals surface area contributed by atoms with Gasteiger partial charge < -0.3 is 23.5 Å². The van der Waals surface area contributed by atoms with Crippen LogP contribution in [0.1, 0.15) is 27.2 Å². The number of hydrogen-bond donors (Lipinski definition) is 0. The number of nitrogens with zero attached hydrogens (tertiary/aromatic N) is 1. The molecule has 2 heterocycles. The highest BCUT2D eigenvalue weighted by molar-refractivity contribution is 5.80. The first-order valence-electron chi connectivity index (χ1n) is 11.3. The molecule has 1 aliphatic rings. The van der Waals surface area contributed by atoms with Crippen molar-refractivity contribution in [3.63, 3.8) is 0 Å². The molecule has 0 spiro atoms. The Hall–Kier alpha value is -3.48. The van der Waals surface area contributed by atoms with Gasteiger partial charge in [0.2, 0.25) is 11.2 Å². The number of carbonyl (C=O) groups excluding carboxylic acids is 1. The van der Waals surface area contributed by atoms with Gasteiger partial charge in [0.25, 0.3) is 5.91 Å². The molecular weight excluding hydrogens is 422 g/mol. The van der Waals surface area contributed by atoms with E-state index in [1.54, 1.807) is 36.4 Å². The molecule has 1 saturated heterocycles. The van der Waals surface area contributed by atoms with Crippen LogP contribution >= 0.6 is 0 Å². The molecule has 7 nitrogen and oxygen atoms in total. The number of rotatable bonds is 7. The Kier molecular flexibility index (Phi) is 6.87. The van der Waals surface area contributed by atoms with Crippen LogP contribution in [-0.4, -0.2) is 37.1 Å². The number of para-hydroxylation sites is 2. The molecule has 3 aromatic rings. The van der Waals surface area contributed by atoms with Crippen molar-refractivity contribution in [3.05, 3.63) is 59.0 Å². The van der Waals surface area contributed by atoms with Crippen LogP contribution in [0.3, 0.4) is 0 Å². The van der Waals surface area contributed by atoms with Crippen LogP contribution in [0.4, 0.5) is 0 Å². The van der Waals surface area contributed by atoms with Crippen molar-refractivity contribution in [2.75, 3.05) is 26.3 Å². The zero-order valence-electron chi connectivity index (χ0n) is 19.2. The Bertz CT molecular complexity index is 1180. The van der Waals surface area contributed by atoms with Crippen LogP contribution in [-0.2, 0) is 4.79 Å². The van der Waals surface area contributed by atoms with Crippen LogP contribution in [0.2, 0.25) is 0 Å². The predicted octanol–water partition coefficient (Wildman–Crippen LogP) is 4.87. The number of fused-ring (bicyclic) bond motifs is 1. The van der Waals surface area contributed by atoms with Crippen molar-refractivity contribution in [2.24, 2.45) is 11.8 Å². The number of ether oxygens (including phenoxy) is 3. The van der Waals surface area contributed by atoms with Gasteiger partial charge in [-0.25, -0.2) is 0 Å². The largest absolute Gasteiger partial charge is 0.490 e. The third-order valence-electron chi connectivity index (χ3n) is 5.67. The standard InChI is InChI=1S/C26H29NO6/c1-4-30-21-7-5-6-8-22(21)33-24-15-32-23-12-19(9-10-20(23)26(24)29)31-16-25(28)27-13-17(2)11-18(3)14-27/h5-10,12,15,17-18H,4,11,13-14,16H2,1-3H3. The number of likely N-dealkylation sites (tertiary alicyclic amines) is 1. The van der Waals surface area contributed by atoms with Gasteiger partial charge in [-0.2, -0.15) is 0 Å². The first-order chi connectivity index (χ1) is 15.9. The van der Waals surface area contributed by atoms with Gasteiger partial charge in [0, 0.05) is 19.2 Å². The van der Waals surface area contributed by atoms with E-state index >= 15 is 0 Å². The van der Waals surface area contributed by atoms with E-state index in [9.17, 15) is 9.59 Å². The molecule has 0 radical (unpaired) electrons. The fourth-order valence-electron chi connectivity index (χ4n) is 4.28. The summed E-state index contributed by atoms with van der Waals surface area (Å²) in [5.41, 5.74) is 0.0529. The van der Waals surface area contributed by atoms with E-state index in [4.69, 9.17) is 18.6 Å². The molecule has 0 bridgehead atoms. The van der Waals surface area contributed by atoms with E-state index < -0.39 is 0 Å². The summed E-state index contributed by atoms with van der Waals surface area (Å²) in [5, 5.41) is 0.360. The molecule has 0 saturated carbocycles. The Morgan fingerprint density at radius 3 is 2.48 bits per heavy atom. The van der Waals surface area contributed by atoms with Crippen molar-refractivity contribution in [1.29, 1.82) is 0 Å².